The molecule has 126 valence electrons. The Morgan fingerprint density at radius 1 is 0.958 bits per heavy atom. The number of esters is 1. The SMILES string of the molecule is O=C(COC(=O)c1ccc(Cl)cc1)NCCc1ccc(Cl)cc1Cl. The van der Waals surface area contributed by atoms with Gasteiger partial charge in [0.25, 0.3) is 5.91 Å². The maximum Gasteiger partial charge on any atom is 0.338 e. The Kier molecular flexibility index (Phi) is 6.91. The summed E-state index contributed by atoms with van der Waals surface area (Å²) in [5.74, 6) is -0.968. The third kappa shape index (κ3) is 5.71. The zero-order valence-corrected chi connectivity index (χ0v) is 14.8. The fraction of sp³-hybridized carbons (Fsp3) is 0.176. The highest BCUT2D eigenvalue weighted by molar-refractivity contribution is 6.35. The Hall–Kier alpha value is -1.75. The van der Waals surface area contributed by atoms with Crippen LogP contribution in [0.5, 0.6) is 0 Å². The second-order valence-corrected chi connectivity index (χ2v) is 6.20. The lowest BCUT2D eigenvalue weighted by Gasteiger charge is -2.08. The molecule has 0 aliphatic rings. The van der Waals surface area contributed by atoms with Crippen LogP contribution in [-0.2, 0) is 16.0 Å². The second kappa shape index (κ2) is 8.92. The van der Waals surface area contributed by atoms with Crippen molar-refractivity contribution in [2.75, 3.05) is 13.2 Å². The maximum atomic E-state index is 11.8. The van der Waals surface area contributed by atoms with Crippen LogP contribution in [-0.4, -0.2) is 25.0 Å². The number of carbonyl (C=O) groups excluding carboxylic acids is 2. The van der Waals surface area contributed by atoms with E-state index >= 15 is 0 Å². The van der Waals surface area contributed by atoms with E-state index < -0.39 is 5.97 Å². The van der Waals surface area contributed by atoms with E-state index in [0.29, 0.717) is 33.6 Å². The third-order valence-corrected chi connectivity index (χ3v) is 3.98. The summed E-state index contributed by atoms with van der Waals surface area (Å²) in [6.45, 7) is 0.0223. The Bertz CT molecular complexity index is 732. The zero-order valence-electron chi connectivity index (χ0n) is 12.5. The van der Waals surface area contributed by atoms with E-state index in [1.807, 2.05) is 0 Å². The molecular weight excluding hydrogens is 373 g/mol. The van der Waals surface area contributed by atoms with Crippen LogP contribution < -0.4 is 5.32 Å². The molecule has 1 amide bonds. The topological polar surface area (TPSA) is 55.4 Å². The summed E-state index contributed by atoms with van der Waals surface area (Å²) >= 11 is 17.6. The molecule has 0 spiro atoms. The fourth-order valence-electron chi connectivity index (χ4n) is 1.91. The molecule has 2 aromatic rings. The van der Waals surface area contributed by atoms with Crippen LogP contribution in [0.3, 0.4) is 0 Å². The summed E-state index contributed by atoms with van der Waals surface area (Å²) < 4.78 is 4.93. The number of halogens is 3. The van der Waals surface area contributed by atoms with Gasteiger partial charge in [-0.25, -0.2) is 4.79 Å². The molecule has 0 saturated heterocycles. The largest absolute Gasteiger partial charge is 0.452 e. The second-order valence-electron chi connectivity index (χ2n) is 4.92. The number of amides is 1. The van der Waals surface area contributed by atoms with Crippen molar-refractivity contribution in [1.82, 2.24) is 5.32 Å². The summed E-state index contributed by atoms with van der Waals surface area (Å²) in [5.41, 5.74) is 1.21. The lowest BCUT2D eigenvalue weighted by molar-refractivity contribution is -0.124. The molecule has 0 aliphatic carbocycles. The van der Waals surface area contributed by atoms with Crippen molar-refractivity contribution in [3.63, 3.8) is 0 Å². The highest BCUT2D eigenvalue weighted by Crippen LogP contribution is 2.21. The molecule has 0 saturated carbocycles. The van der Waals surface area contributed by atoms with E-state index in [4.69, 9.17) is 39.5 Å². The minimum atomic E-state index is -0.581. The number of nitrogens with one attached hydrogen (secondary N) is 1. The summed E-state index contributed by atoms with van der Waals surface area (Å²) in [7, 11) is 0. The van der Waals surface area contributed by atoms with E-state index in [-0.39, 0.29) is 12.5 Å². The van der Waals surface area contributed by atoms with Crippen LogP contribution in [0, 0.1) is 0 Å². The van der Waals surface area contributed by atoms with Gasteiger partial charge >= 0.3 is 5.97 Å². The van der Waals surface area contributed by atoms with Crippen LogP contribution >= 0.6 is 34.8 Å². The molecule has 1 N–H and O–H groups in total. The van der Waals surface area contributed by atoms with Gasteiger partial charge in [-0.2, -0.15) is 0 Å². The van der Waals surface area contributed by atoms with Crippen LogP contribution in [0.2, 0.25) is 15.1 Å². The molecule has 0 aromatic heterocycles. The fourth-order valence-corrected chi connectivity index (χ4v) is 2.54. The molecule has 2 rings (SSSR count). The molecule has 2 aromatic carbocycles. The van der Waals surface area contributed by atoms with Crippen molar-refractivity contribution in [1.29, 1.82) is 0 Å². The van der Waals surface area contributed by atoms with Gasteiger partial charge in [-0.15, -0.1) is 0 Å². The normalized spacial score (nSPS) is 10.3. The molecule has 0 unspecified atom stereocenters. The Balaban J connectivity index is 1.73. The van der Waals surface area contributed by atoms with Crippen molar-refractivity contribution < 1.29 is 14.3 Å². The molecule has 0 bridgehead atoms. The molecular formula is C17H14Cl3NO3. The minimum Gasteiger partial charge on any atom is -0.452 e. The molecule has 0 fully saturated rings. The predicted octanol–water partition coefficient (Wildman–Crippen LogP) is 4.16. The number of carbonyl (C=O) groups is 2. The molecule has 0 aliphatic heterocycles. The number of ether oxygens (including phenoxy) is 1. The van der Waals surface area contributed by atoms with Crippen molar-refractivity contribution >= 4 is 46.7 Å². The van der Waals surface area contributed by atoms with Gasteiger partial charge in [-0.3, -0.25) is 4.79 Å². The first-order chi connectivity index (χ1) is 11.5. The van der Waals surface area contributed by atoms with Gasteiger partial charge in [0, 0.05) is 21.6 Å². The predicted molar refractivity (Wildman–Crippen MR) is 94.9 cm³/mol. The summed E-state index contributed by atoms with van der Waals surface area (Å²) in [6.07, 6.45) is 0.548. The monoisotopic (exact) mass is 385 g/mol. The standard InChI is InChI=1S/C17H14Cl3NO3/c18-13-4-2-12(3-5-13)17(23)24-10-16(22)21-8-7-11-1-6-14(19)9-15(11)20/h1-6,9H,7-8,10H2,(H,21,22). The lowest BCUT2D eigenvalue weighted by Crippen LogP contribution is -2.30. The minimum absolute atomic E-state index is 0.333. The number of hydrogen-bond donors (Lipinski definition) is 1. The van der Waals surface area contributed by atoms with Crippen LogP contribution in [0.15, 0.2) is 42.5 Å². The molecule has 0 atom stereocenters. The van der Waals surface area contributed by atoms with Gasteiger partial charge in [0.1, 0.15) is 0 Å². The van der Waals surface area contributed by atoms with E-state index in [2.05, 4.69) is 5.32 Å². The Morgan fingerprint density at radius 2 is 1.62 bits per heavy atom. The van der Waals surface area contributed by atoms with E-state index in [9.17, 15) is 9.59 Å². The first-order valence-corrected chi connectivity index (χ1v) is 8.22. The van der Waals surface area contributed by atoms with E-state index in [0.717, 1.165) is 5.56 Å². The van der Waals surface area contributed by atoms with Gasteiger partial charge in [0.05, 0.1) is 5.56 Å². The lowest BCUT2D eigenvalue weighted by atomic mass is 10.1. The van der Waals surface area contributed by atoms with Gasteiger partial charge in [-0.05, 0) is 48.4 Å². The quantitative estimate of drug-likeness (QED) is 0.758. The maximum absolute atomic E-state index is 11.8. The third-order valence-electron chi connectivity index (χ3n) is 3.15. The van der Waals surface area contributed by atoms with Crippen molar-refractivity contribution in [3.8, 4) is 0 Å². The van der Waals surface area contributed by atoms with Crippen LogP contribution in [0.25, 0.3) is 0 Å². The smallest absolute Gasteiger partial charge is 0.338 e. The van der Waals surface area contributed by atoms with Crippen molar-refractivity contribution in [3.05, 3.63) is 68.7 Å². The summed E-state index contributed by atoms with van der Waals surface area (Å²) in [5, 5.41) is 4.28. The molecule has 24 heavy (non-hydrogen) atoms. The van der Waals surface area contributed by atoms with Gasteiger partial charge in [-0.1, -0.05) is 40.9 Å². The number of rotatable bonds is 6. The van der Waals surface area contributed by atoms with E-state index in [1.54, 1.807) is 30.3 Å². The summed E-state index contributed by atoms with van der Waals surface area (Å²) in [4.78, 5) is 23.5. The Morgan fingerprint density at radius 3 is 2.29 bits per heavy atom. The molecule has 0 radical (unpaired) electrons. The van der Waals surface area contributed by atoms with Gasteiger partial charge in [0.2, 0.25) is 0 Å². The Labute approximate surface area is 154 Å². The van der Waals surface area contributed by atoms with Gasteiger partial charge in [0.15, 0.2) is 6.61 Å². The number of benzene rings is 2. The average Bonchev–Trinajstić information content (AvgIpc) is 2.55. The average molecular weight is 387 g/mol. The van der Waals surface area contributed by atoms with Crippen LogP contribution in [0.4, 0.5) is 0 Å². The van der Waals surface area contributed by atoms with Crippen molar-refractivity contribution in [2.45, 2.75) is 6.42 Å². The molecule has 7 heteroatoms. The van der Waals surface area contributed by atoms with Crippen LogP contribution in [0.1, 0.15) is 15.9 Å². The highest BCUT2D eigenvalue weighted by Gasteiger charge is 2.10. The van der Waals surface area contributed by atoms with Crippen molar-refractivity contribution in [2.24, 2.45) is 0 Å². The first kappa shape index (κ1) is 18.6. The zero-order chi connectivity index (χ0) is 17.5. The summed E-state index contributed by atoms with van der Waals surface area (Å²) in [6, 6.07) is 11.4. The van der Waals surface area contributed by atoms with Gasteiger partial charge < -0.3 is 10.1 Å². The highest BCUT2D eigenvalue weighted by atomic mass is 35.5. The molecule has 0 heterocycles. The number of hydrogen-bond acceptors (Lipinski definition) is 3. The molecule has 4 nitrogen and oxygen atoms in total. The van der Waals surface area contributed by atoms with E-state index in [1.165, 1.54) is 12.1 Å². The first-order valence-electron chi connectivity index (χ1n) is 7.09.